The van der Waals surface area contributed by atoms with Crippen LogP contribution in [0.1, 0.15) is 38.3 Å². The number of benzene rings is 1. The van der Waals surface area contributed by atoms with Crippen LogP contribution >= 0.6 is 0 Å². The molecule has 0 saturated carbocycles. The fraction of sp³-hybridized carbons (Fsp3) is 0.632. The lowest BCUT2D eigenvalue weighted by atomic mass is 9.96. The van der Waals surface area contributed by atoms with Gasteiger partial charge >= 0.3 is 0 Å². The van der Waals surface area contributed by atoms with E-state index in [1.54, 1.807) is 12.1 Å². The van der Waals surface area contributed by atoms with E-state index in [-0.39, 0.29) is 17.7 Å². The van der Waals surface area contributed by atoms with Crippen molar-refractivity contribution in [3.05, 3.63) is 29.8 Å². The van der Waals surface area contributed by atoms with E-state index in [1.807, 2.05) is 17.0 Å². The van der Waals surface area contributed by atoms with Crippen molar-refractivity contribution in [3.8, 4) is 5.75 Å². The first-order valence-electron chi connectivity index (χ1n) is 9.09. The number of piperidine rings is 1. The Morgan fingerprint density at radius 2 is 2.00 bits per heavy atom. The molecule has 3 rings (SSSR count). The Hall–Kier alpha value is -1.59. The molecular weight excluding hydrogens is 302 g/mol. The quantitative estimate of drug-likeness (QED) is 0.889. The highest BCUT2D eigenvalue weighted by Crippen LogP contribution is 2.29. The van der Waals surface area contributed by atoms with Crippen LogP contribution in [0.2, 0.25) is 0 Å². The molecule has 24 heavy (non-hydrogen) atoms. The monoisotopic (exact) mass is 331 g/mol. The summed E-state index contributed by atoms with van der Waals surface area (Å²) >= 11 is 0. The molecule has 0 spiro atoms. The number of hydrogen-bond donors (Lipinski definition) is 2. The molecule has 2 atom stereocenters. The van der Waals surface area contributed by atoms with Crippen LogP contribution in [-0.2, 0) is 4.79 Å². The van der Waals surface area contributed by atoms with Gasteiger partial charge in [0, 0.05) is 38.8 Å². The normalized spacial score (nSPS) is 24.8. The first-order chi connectivity index (χ1) is 11.5. The number of rotatable bonds is 3. The molecule has 0 aliphatic carbocycles. The molecule has 0 bridgehead atoms. The van der Waals surface area contributed by atoms with Gasteiger partial charge in [-0.25, -0.2) is 0 Å². The van der Waals surface area contributed by atoms with E-state index in [0.29, 0.717) is 12.0 Å². The van der Waals surface area contributed by atoms with Gasteiger partial charge in [-0.05, 0) is 43.4 Å². The SMILES string of the molecule is CC1CCN(C(=O)C(c2cccc(O)c2)N2CCNC(C)C2)CC1. The lowest BCUT2D eigenvalue weighted by Crippen LogP contribution is -2.54. The number of carbonyl (C=O) groups excluding carboxylic acids is 1. The largest absolute Gasteiger partial charge is 0.508 e. The van der Waals surface area contributed by atoms with E-state index >= 15 is 0 Å². The first-order valence-corrected chi connectivity index (χ1v) is 9.09. The summed E-state index contributed by atoms with van der Waals surface area (Å²) in [5.74, 6) is 1.11. The zero-order valence-electron chi connectivity index (χ0n) is 14.7. The van der Waals surface area contributed by atoms with E-state index in [1.165, 1.54) is 0 Å². The first kappa shape index (κ1) is 17.2. The second-order valence-corrected chi connectivity index (χ2v) is 7.36. The Morgan fingerprint density at radius 3 is 2.67 bits per heavy atom. The summed E-state index contributed by atoms with van der Waals surface area (Å²) in [4.78, 5) is 17.6. The van der Waals surface area contributed by atoms with Gasteiger partial charge in [-0.1, -0.05) is 19.1 Å². The van der Waals surface area contributed by atoms with E-state index in [4.69, 9.17) is 0 Å². The van der Waals surface area contributed by atoms with Crippen molar-refractivity contribution in [1.82, 2.24) is 15.1 Å². The minimum atomic E-state index is -0.296. The smallest absolute Gasteiger partial charge is 0.244 e. The summed E-state index contributed by atoms with van der Waals surface area (Å²) in [6.07, 6.45) is 2.16. The van der Waals surface area contributed by atoms with Crippen LogP contribution in [0.3, 0.4) is 0 Å². The van der Waals surface area contributed by atoms with Gasteiger partial charge in [0.15, 0.2) is 0 Å². The average molecular weight is 331 g/mol. The lowest BCUT2D eigenvalue weighted by molar-refractivity contribution is -0.139. The number of nitrogens with one attached hydrogen (secondary N) is 1. The average Bonchev–Trinajstić information content (AvgIpc) is 2.56. The van der Waals surface area contributed by atoms with Gasteiger partial charge in [-0.15, -0.1) is 0 Å². The van der Waals surface area contributed by atoms with Crippen molar-refractivity contribution >= 4 is 5.91 Å². The van der Waals surface area contributed by atoms with E-state index in [0.717, 1.165) is 51.1 Å². The number of likely N-dealkylation sites (tertiary alicyclic amines) is 1. The van der Waals surface area contributed by atoms with Gasteiger partial charge in [-0.2, -0.15) is 0 Å². The Labute approximate surface area is 144 Å². The molecule has 1 amide bonds. The van der Waals surface area contributed by atoms with Gasteiger partial charge in [-0.3, -0.25) is 9.69 Å². The molecule has 5 nitrogen and oxygen atoms in total. The van der Waals surface area contributed by atoms with Crippen molar-refractivity contribution in [2.24, 2.45) is 5.92 Å². The zero-order valence-corrected chi connectivity index (χ0v) is 14.7. The molecule has 2 aliphatic rings. The van der Waals surface area contributed by atoms with Crippen molar-refractivity contribution < 1.29 is 9.90 Å². The van der Waals surface area contributed by atoms with E-state index in [2.05, 4.69) is 24.1 Å². The van der Waals surface area contributed by atoms with Crippen LogP contribution in [0.4, 0.5) is 0 Å². The van der Waals surface area contributed by atoms with Crippen LogP contribution in [0.15, 0.2) is 24.3 Å². The molecule has 0 radical (unpaired) electrons. The second-order valence-electron chi connectivity index (χ2n) is 7.36. The third kappa shape index (κ3) is 3.90. The fourth-order valence-corrected chi connectivity index (χ4v) is 3.80. The summed E-state index contributed by atoms with van der Waals surface area (Å²) in [5.41, 5.74) is 0.896. The summed E-state index contributed by atoms with van der Waals surface area (Å²) < 4.78 is 0. The summed E-state index contributed by atoms with van der Waals surface area (Å²) in [6, 6.07) is 7.26. The molecule has 2 N–H and O–H groups in total. The maximum atomic E-state index is 13.3. The van der Waals surface area contributed by atoms with Gasteiger partial charge in [0.05, 0.1) is 0 Å². The standard InChI is InChI=1S/C19H29N3O2/c1-14-6-9-21(10-7-14)19(24)18(16-4-3-5-17(23)12-16)22-11-8-20-15(2)13-22/h3-5,12,14-15,18,20,23H,6-11,13H2,1-2H3. The number of phenols is 1. The predicted molar refractivity (Wildman–Crippen MR) is 94.9 cm³/mol. The molecule has 0 aromatic heterocycles. The van der Waals surface area contributed by atoms with Gasteiger partial charge in [0.1, 0.15) is 11.8 Å². The van der Waals surface area contributed by atoms with Crippen molar-refractivity contribution in [2.45, 2.75) is 38.8 Å². The highest BCUT2D eigenvalue weighted by molar-refractivity contribution is 5.83. The van der Waals surface area contributed by atoms with Crippen LogP contribution in [0, 0.1) is 5.92 Å². The third-order valence-electron chi connectivity index (χ3n) is 5.28. The maximum Gasteiger partial charge on any atom is 0.244 e. The number of amides is 1. The van der Waals surface area contributed by atoms with Crippen LogP contribution in [0.25, 0.3) is 0 Å². The highest BCUT2D eigenvalue weighted by Gasteiger charge is 2.34. The Morgan fingerprint density at radius 1 is 1.25 bits per heavy atom. The zero-order chi connectivity index (χ0) is 17.1. The van der Waals surface area contributed by atoms with Gasteiger partial charge in [0.2, 0.25) is 5.91 Å². The topological polar surface area (TPSA) is 55.8 Å². The van der Waals surface area contributed by atoms with Crippen molar-refractivity contribution in [1.29, 1.82) is 0 Å². The van der Waals surface area contributed by atoms with Gasteiger partial charge < -0.3 is 15.3 Å². The third-order valence-corrected chi connectivity index (χ3v) is 5.28. The number of hydrogen-bond acceptors (Lipinski definition) is 4. The molecule has 1 aromatic rings. The fourth-order valence-electron chi connectivity index (χ4n) is 3.80. The maximum absolute atomic E-state index is 13.3. The molecule has 2 unspecified atom stereocenters. The summed E-state index contributed by atoms with van der Waals surface area (Å²) in [6.45, 7) is 8.68. The Balaban J connectivity index is 1.85. The number of phenolic OH excluding ortho intramolecular Hbond substituents is 1. The molecule has 2 saturated heterocycles. The Kier molecular flexibility index (Phi) is 5.41. The molecule has 2 fully saturated rings. The molecule has 5 heteroatoms. The second kappa shape index (κ2) is 7.53. The number of aromatic hydroxyl groups is 1. The van der Waals surface area contributed by atoms with Crippen LogP contribution in [0.5, 0.6) is 5.75 Å². The number of piperazine rings is 1. The van der Waals surface area contributed by atoms with Crippen molar-refractivity contribution in [2.75, 3.05) is 32.7 Å². The predicted octanol–water partition coefficient (Wildman–Crippen LogP) is 1.99. The molecule has 132 valence electrons. The molecular formula is C19H29N3O2. The Bertz CT molecular complexity index is 569. The number of carbonyl (C=O) groups is 1. The minimum absolute atomic E-state index is 0.182. The highest BCUT2D eigenvalue weighted by atomic mass is 16.3. The van der Waals surface area contributed by atoms with Gasteiger partial charge in [0.25, 0.3) is 0 Å². The van der Waals surface area contributed by atoms with E-state index in [9.17, 15) is 9.90 Å². The minimum Gasteiger partial charge on any atom is -0.508 e. The molecule has 2 heterocycles. The summed E-state index contributed by atoms with van der Waals surface area (Å²) in [5, 5.41) is 13.3. The summed E-state index contributed by atoms with van der Waals surface area (Å²) in [7, 11) is 0. The van der Waals surface area contributed by atoms with E-state index < -0.39 is 0 Å². The van der Waals surface area contributed by atoms with Crippen molar-refractivity contribution in [3.63, 3.8) is 0 Å². The lowest BCUT2D eigenvalue weighted by Gasteiger charge is -2.40. The molecule has 1 aromatic carbocycles. The molecule has 2 aliphatic heterocycles. The van der Waals surface area contributed by atoms with Crippen LogP contribution < -0.4 is 5.32 Å². The number of nitrogens with zero attached hydrogens (tertiary/aromatic N) is 2. The van der Waals surface area contributed by atoms with Crippen LogP contribution in [-0.4, -0.2) is 59.6 Å².